The van der Waals surface area contributed by atoms with Gasteiger partial charge in [0, 0.05) is 13.2 Å². The van der Waals surface area contributed by atoms with Gasteiger partial charge in [0.25, 0.3) is 5.91 Å². The van der Waals surface area contributed by atoms with Gasteiger partial charge < -0.3 is 4.90 Å². The van der Waals surface area contributed by atoms with Crippen molar-refractivity contribution in [3.05, 3.63) is 96.3 Å². The minimum Gasteiger partial charge on any atom is -0.335 e. The standard InChI is InChI=1S/C22H22N6O/c1-17(19-8-10-21(11-9-19)28-16-23-15-25-28)26(2)22(29)20-12-24-27(14-20)13-18-6-4-3-5-7-18/h3-12,14-17H,13H2,1-2H3/t17-/m1/s1. The first kappa shape index (κ1) is 18.6. The molecule has 0 fully saturated rings. The summed E-state index contributed by atoms with van der Waals surface area (Å²) in [5, 5.41) is 8.47. The van der Waals surface area contributed by atoms with E-state index in [9.17, 15) is 4.79 Å². The van der Waals surface area contributed by atoms with Gasteiger partial charge >= 0.3 is 0 Å². The molecule has 0 aliphatic rings. The van der Waals surface area contributed by atoms with Gasteiger partial charge in [-0.25, -0.2) is 9.67 Å². The predicted octanol–water partition coefficient (Wildman–Crippen LogP) is 3.35. The number of amides is 1. The molecule has 0 bridgehead atoms. The van der Waals surface area contributed by atoms with Crippen molar-refractivity contribution in [2.24, 2.45) is 0 Å². The van der Waals surface area contributed by atoms with E-state index in [4.69, 9.17) is 0 Å². The van der Waals surface area contributed by atoms with E-state index in [1.54, 1.807) is 33.0 Å². The van der Waals surface area contributed by atoms with E-state index >= 15 is 0 Å². The molecule has 0 spiro atoms. The van der Waals surface area contributed by atoms with Crippen molar-refractivity contribution in [1.82, 2.24) is 29.4 Å². The third-order valence-corrected chi connectivity index (χ3v) is 5.03. The molecule has 0 aliphatic heterocycles. The average molecular weight is 386 g/mol. The van der Waals surface area contributed by atoms with Crippen LogP contribution in [0.1, 0.15) is 34.5 Å². The Hall–Kier alpha value is -3.74. The molecule has 1 amide bonds. The Labute approximate surface area is 169 Å². The number of aromatic nitrogens is 5. The first-order chi connectivity index (χ1) is 14.1. The second-order valence-corrected chi connectivity index (χ2v) is 6.94. The van der Waals surface area contributed by atoms with Crippen molar-refractivity contribution in [1.29, 1.82) is 0 Å². The third kappa shape index (κ3) is 4.08. The Morgan fingerprint density at radius 3 is 2.52 bits per heavy atom. The third-order valence-electron chi connectivity index (χ3n) is 5.03. The van der Waals surface area contributed by atoms with Crippen molar-refractivity contribution in [3.63, 3.8) is 0 Å². The molecule has 0 N–H and O–H groups in total. The summed E-state index contributed by atoms with van der Waals surface area (Å²) in [6.07, 6.45) is 6.58. The maximum Gasteiger partial charge on any atom is 0.257 e. The lowest BCUT2D eigenvalue weighted by Crippen LogP contribution is -2.29. The number of carbonyl (C=O) groups excluding carboxylic acids is 1. The van der Waals surface area contributed by atoms with Crippen LogP contribution in [-0.2, 0) is 6.54 Å². The molecule has 2 aromatic heterocycles. The van der Waals surface area contributed by atoms with Gasteiger partial charge in [0.05, 0.1) is 30.0 Å². The van der Waals surface area contributed by atoms with Gasteiger partial charge in [0.2, 0.25) is 0 Å². The number of hydrogen-bond donors (Lipinski definition) is 0. The molecule has 2 aromatic carbocycles. The van der Waals surface area contributed by atoms with Crippen molar-refractivity contribution >= 4 is 5.91 Å². The summed E-state index contributed by atoms with van der Waals surface area (Å²) in [6.45, 7) is 2.65. The van der Waals surface area contributed by atoms with Crippen LogP contribution in [0.15, 0.2) is 79.6 Å². The lowest BCUT2D eigenvalue weighted by atomic mass is 10.1. The lowest BCUT2D eigenvalue weighted by molar-refractivity contribution is 0.0742. The number of carbonyl (C=O) groups is 1. The molecule has 29 heavy (non-hydrogen) atoms. The molecular formula is C22H22N6O. The number of nitrogens with zero attached hydrogens (tertiary/aromatic N) is 6. The van der Waals surface area contributed by atoms with E-state index in [1.165, 1.54) is 6.33 Å². The lowest BCUT2D eigenvalue weighted by Gasteiger charge is -2.25. The van der Waals surface area contributed by atoms with Gasteiger partial charge in [-0.05, 0) is 30.2 Å². The number of hydrogen-bond acceptors (Lipinski definition) is 4. The van der Waals surface area contributed by atoms with Gasteiger partial charge in [-0.15, -0.1) is 0 Å². The fraction of sp³-hybridized carbons (Fsp3) is 0.182. The molecule has 2 heterocycles. The highest BCUT2D eigenvalue weighted by atomic mass is 16.2. The van der Waals surface area contributed by atoms with Gasteiger partial charge in [-0.2, -0.15) is 10.2 Å². The van der Waals surface area contributed by atoms with Crippen molar-refractivity contribution < 1.29 is 4.79 Å². The van der Waals surface area contributed by atoms with Gasteiger partial charge in [0.1, 0.15) is 12.7 Å². The molecule has 1 atom stereocenters. The smallest absolute Gasteiger partial charge is 0.257 e. The normalized spacial score (nSPS) is 11.9. The van der Waals surface area contributed by atoms with E-state index in [0.29, 0.717) is 12.1 Å². The second kappa shape index (κ2) is 8.10. The number of rotatable bonds is 6. The SMILES string of the molecule is C[C@H](c1ccc(-n2cncn2)cc1)N(C)C(=O)c1cnn(Cc2ccccc2)c1. The summed E-state index contributed by atoms with van der Waals surface area (Å²) >= 11 is 0. The highest BCUT2D eigenvalue weighted by Crippen LogP contribution is 2.22. The minimum atomic E-state index is -0.0789. The number of benzene rings is 2. The Morgan fingerprint density at radius 1 is 1.07 bits per heavy atom. The first-order valence-electron chi connectivity index (χ1n) is 9.40. The minimum absolute atomic E-state index is 0.0582. The predicted molar refractivity (Wildman–Crippen MR) is 110 cm³/mol. The zero-order valence-corrected chi connectivity index (χ0v) is 16.4. The summed E-state index contributed by atoms with van der Waals surface area (Å²) in [4.78, 5) is 18.6. The topological polar surface area (TPSA) is 68.8 Å². The Bertz CT molecular complexity index is 1070. The van der Waals surface area contributed by atoms with Crippen molar-refractivity contribution in [2.75, 3.05) is 7.05 Å². The Balaban J connectivity index is 1.44. The maximum atomic E-state index is 12.9. The van der Waals surface area contributed by atoms with Crippen LogP contribution in [-0.4, -0.2) is 42.4 Å². The van der Waals surface area contributed by atoms with Gasteiger partial charge in [0.15, 0.2) is 0 Å². The highest BCUT2D eigenvalue weighted by molar-refractivity contribution is 5.93. The summed E-state index contributed by atoms with van der Waals surface area (Å²) < 4.78 is 3.48. The van der Waals surface area contributed by atoms with Crippen LogP contribution in [0, 0.1) is 0 Å². The van der Waals surface area contributed by atoms with Gasteiger partial charge in [-0.3, -0.25) is 9.48 Å². The quantitative estimate of drug-likeness (QED) is 0.510. The fourth-order valence-electron chi connectivity index (χ4n) is 3.18. The molecule has 0 unspecified atom stereocenters. The van der Waals surface area contributed by atoms with Crippen LogP contribution in [0.3, 0.4) is 0 Å². The molecule has 4 aromatic rings. The van der Waals surface area contributed by atoms with E-state index < -0.39 is 0 Å². The summed E-state index contributed by atoms with van der Waals surface area (Å²) in [7, 11) is 1.81. The molecule has 0 saturated heterocycles. The summed E-state index contributed by atoms with van der Waals surface area (Å²) in [5.41, 5.74) is 3.69. The second-order valence-electron chi connectivity index (χ2n) is 6.94. The Kier molecular flexibility index (Phi) is 5.20. The molecule has 0 saturated carbocycles. The van der Waals surface area contributed by atoms with Crippen LogP contribution in [0.2, 0.25) is 0 Å². The van der Waals surface area contributed by atoms with Crippen LogP contribution in [0.5, 0.6) is 0 Å². The van der Waals surface area contributed by atoms with Crippen molar-refractivity contribution in [2.45, 2.75) is 19.5 Å². The van der Waals surface area contributed by atoms with Crippen LogP contribution in [0.4, 0.5) is 0 Å². The fourth-order valence-corrected chi connectivity index (χ4v) is 3.18. The van der Waals surface area contributed by atoms with Gasteiger partial charge in [-0.1, -0.05) is 42.5 Å². The van der Waals surface area contributed by atoms with E-state index in [-0.39, 0.29) is 11.9 Å². The summed E-state index contributed by atoms with van der Waals surface area (Å²) in [5.74, 6) is -0.0582. The van der Waals surface area contributed by atoms with Crippen molar-refractivity contribution in [3.8, 4) is 5.69 Å². The first-order valence-corrected chi connectivity index (χ1v) is 9.40. The maximum absolute atomic E-state index is 12.9. The molecule has 4 rings (SSSR count). The van der Waals surface area contributed by atoms with Crippen LogP contribution in [0.25, 0.3) is 5.69 Å². The molecule has 146 valence electrons. The Morgan fingerprint density at radius 2 is 1.83 bits per heavy atom. The molecule has 7 nitrogen and oxygen atoms in total. The van der Waals surface area contributed by atoms with Crippen LogP contribution >= 0.6 is 0 Å². The zero-order valence-electron chi connectivity index (χ0n) is 16.4. The van der Waals surface area contributed by atoms with E-state index in [0.717, 1.165) is 16.8 Å². The molecule has 0 aliphatic carbocycles. The highest BCUT2D eigenvalue weighted by Gasteiger charge is 2.20. The molecule has 7 heteroatoms. The van der Waals surface area contributed by atoms with E-state index in [2.05, 4.69) is 15.2 Å². The molecular weight excluding hydrogens is 364 g/mol. The largest absolute Gasteiger partial charge is 0.335 e. The zero-order chi connectivity index (χ0) is 20.2. The summed E-state index contributed by atoms with van der Waals surface area (Å²) in [6, 6.07) is 17.9. The van der Waals surface area contributed by atoms with Crippen LogP contribution < -0.4 is 0 Å². The van der Waals surface area contributed by atoms with E-state index in [1.807, 2.05) is 68.6 Å². The average Bonchev–Trinajstić information content (AvgIpc) is 3.45. The monoisotopic (exact) mass is 386 g/mol. The molecule has 0 radical (unpaired) electrons.